The molecule has 0 radical (unpaired) electrons. The number of hydrogen-bond acceptors (Lipinski definition) is 7. The standard InChI is InChI=1S/C25H17F3N4O3S2.C2H6/c1-13(2)34-21-14(4-3-5-18(21)35-23(27)28)6-8-17-20(32-10-11-36-25(32)30-17)22(33)31-24-29-16-9-7-15(26)12-19(16)37-24;1-2/h3-12,23H,1H2,2H3,(H,29,31,33);1-2H3/b8-6+;. The summed E-state index contributed by atoms with van der Waals surface area (Å²) < 4.78 is 51.8. The van der Waals surface area contributed by atoms with E-state index in [0.29, 0.717) is 31.6 Å². The first-order valence-electron chi connectivity index (χ1n) is 11.7. The molecule has 0 unspecified atom stereocenters. The highest BCUT2D eigenvalue weighted by Gasteiger charge is 2.21. The van der Waals surface area contributed by atoms with Gasteiger partial charge in [-0.3, -0.25) is 14.5 Å². The van der Waals surface area contributed by atoms with Gasteiger partial charge in [0.25, 0.3) is 5.91 Å². The predicted molar refractivity (Wildman–Crippen MR) is 149 cm³/mol. The lowest BCUT2D eigenvalue weighted by molar-refractivity contribution is -0.0511. The number of carbonyl (C=O) groups is 1. The number of nitrogens with one attached hydrogen (secondary N) is 1. The second kappa shape index (κ2) is 12.1. The van der Waals surface area contributed by atoms with Crippen molar-refractivity contribution in [2.24, 2.45) is 0 Å². The lowest BCUT2D eigenvalue weighted by Gasteiger charge is -2.14. The van der Waals surface area contributed by atoms with Gasteiger partial charge in [-0.1, -0.05) is 43.9 Å². The summed E-state index contributed by atoms with van der Waals surface area (Å²) in [5.74, 6) is -0.691. The lowest BCUT2D eigenvalue weighted by Crippen LogP contribution is -2.15. The first-order chi connectivity index (χ1) is 18.8. The van der Waals surface area contributed by atoms with Crippen molar-refractivity contribution in [1.82, 2.24) is 14.4 Å². The fourth-order valence-electron chi connectivity index (χ4n) is 3.56. The predicted octanol–water partition coefficient (Wildman–Crippen LogP) is 8.11. The van der Waals surface area contributed by atoms with Gasteiger partial charge in [-0.2, -0.15) is 8.78 Å². The molecule has 5 rings (SSSR count). The molecule has 3 heterocycles. The summed E-state index contributed by atoms with van der Waals surface area (Å²) in [6, 6.07) is 8.73. The van der Waals surface area contributed by atoms with Crippen LogP contribution in [0.15, 0.2) is 60.3 Å². The Kier molecular flexibility index (Phi) is 8.67. The van der Waals surface area contributed by atoms with Gasteiger partial charge in [0.05, 0.1) is 21.7 Å². The Morgan fingerprint density at radius 1 is 1.18 bits per heavy atom. The first kappa shape index (κ1) is 27.9. The molecule has 7 nitrogen and oxygen atoms in total. The molecule has 1 N–H and O–H groups in total. The number of nitrogens with zero attached hydrogens (tertiary/aromatic N) is 3. The number of rotatable bonds is 8. The third-order valence-electron chi connectivity index (χ3n) is 5.00. The molecule has 3 aromatic heterocycles. The van der Waals surface area contributed by atoms with Gasteiger partial charge >= 0.3 is 6.61 Å². The normalized spacial score (nSPS) is 11.2. The molecule has 0 aliphatic heterocycles. The minimum absolute atomic E-state index is 0.0558. The third kappa shape index (κ3) is 6.29. The number of hydrogen-bond donors (Lipinski definition) is 1. The summed E-state index contributed by atoms with van der Waals surface area (Å²) in [4.78, 5) is 22.7. The number of carbonyl (C=O) groups excluding carboxylic acids is 1. The maximum atomic E-state index is 13.5. The molecule has 0 aliphatic rings. The first-order valence-corrected chi connectivity index (χ1v) is 13.4. The SMILES string of the molecule is C=C(C)Oc1c(/C=C/c2nc3sccn3c2C(=O)Nc2nc3ccc(F)cc3s2)cccc1OC(F)F.CC. The molecule has 202 valence electrons. The average Bonchev–Trinajstić information content (AvgIpc) is 3.58. The van der Waals surface area contributed by atoms with Gasteiger partial charge < -0.3 is 9.47 Å². The van der Waals surface area contributed by atoms with Crippen molar-refractivity contribution < 1.29 is 27.4 Å². The quantitative estimate of drug-likeness (QED) is 0.190. The number of alkyl halides is 2. The zero-order valence-corrected chi connectivity index (χ0v) is 22.7. The van der Waals surface area contributed by atoms with Gasteiger partial charge in [-0.15, -0.1) is 11.3 Å². The summed E-state index contributed by atoms with van der Waals surface area (Å²) in [6.45, 7) is 6.20. The number of anilines is 1. The monoisotopic (exact) mass is 572 g/mol. The Morgan fingerprint density at radius 3 is 2.72 bits per heavy atom. The smallest absolute Gasteiger partial charge is 0.387 e. The maximum absolute atomic E-state index is 13.5. The van der Waals surface area contributed by atoms with Crippen LogP contribution in [0.25, 0.3) is 27.3 Å². The van der Waals surface area contributed by atoms with E-state index in [-0.39, 0.29) is 23.0 Å². The topological polar surface area (TPSA) is 77.8 Å². The van der Waals surface area contributed by atoms with E-state index in [4.69, 9.17) is 4.74 Å². The Balaban J connectivity index is 0.00000172. The molecule has 0 saturated carbocycles. The lowest BCUT2D eigenvalue weighted by atomic mass is 10.1. The molecule has 1 amide bonds. The molecule has 0 fully saturated rings. The van der Waals surface area contributed by atoms with E-state index in [0.717, 1.165) is 11.3 Å². The number of thiazole rings is 2. The molecule has 0 atom stereocenters. The maximum Gasteiger partial charge on any atom is 0.387 e. The molecule has 2 aromatic carbocycles. The Morgan fingerprint density at radius 2 is 1.97 bits per heavy atom. The summed E-state index contributed by atoms with van der Waals surface area (Å²) in [5, 5.41) is 4.85. The number of benzene rings is 2. The largest absolute Gasteiger partial charge is 0.458 e. The van der Waals surface area contributed by atoms with E-state index in [9.17, 15) is 18.0 Å². The van der Waals surface area contributed by atoms with Crippen molar-refractivity contribution in [2.75, 3.05) is 5.32 Å². The number of allylic oxidation sites excluding steroid dienone is 1. The van der Waals surface area contributed by atoms with Crippen molar-refractivity contribution in [1.29, 1.82) is 0 Å². The minimum Gasteiger partial charge on any atom is -0.458 e. The molecule has 5 aromatic rings. The second-order valence-electron chi connectivity index (χ2n) is 7.68. The highest BCUT2D eigenvalue weighted by molar-refractivity contribution is 7.22. The van der Waals surface area contributed by atoms with Crippen LogP contribution in [0.3, 0.4) is 0 Å². The number of amides is 1. The van der Waals surface area contributed by atoms with Crippen LogP contribution in [0.1, 0.15) is 42.5 Å². The van der Waals surface area contributed by atoms with Gasteiger partial charge in [0.2, 0.25) is 0 Å². The highest BCUT2D eigenvalue weighted by Crippen LogP contribution is 2.35. The van der Waals surface area contributed by atoms with Crippen molar-refractivity contribution in [2.45, 2.75) is 27.4 Å². The molecule has 0 spiro atoms. The van der Waals surface area contributed by atoms with Crippen LogP contribution in [0, 0.1) is 5.82 Å². The molecular weight excluding hydrogens is 549 g/mol. The average molecular weight is 573 g/mol. The van der Waals surface area contributed by atoms with Crippen LogP contribution >= 0.6 is 22.7 Å². The number of aromatic nitrogens is 3. The van der Waals surface area contributed by atoms with E-state index < -0.39 is 18.3 Å². The van der Waals surface area contributed by atoms with E-state index in [1.54, 1.807) is 41.1 Å². The molecule has 0 saturated heterocycles. The molecule has 0 aliphatic carbocycles. The van der Waals surface area contributed by atoms with Crippen LogP contribution < -0.4 is 14.8 Å². The zero-order valence-electron chi connectivity index (χ0n) is 21.1. The van der Waals surface area contributed by atoms with Crippen molar-refractivity contribution >= 4 is 61.0 Å². The number of imidazole rings is 1. The van der Waals surface area contributed by atoms with Gasteiger partial charge in [-0.25, -0.2) is 14.4 Å². The fraction of sp³-hybridized carbons (Fsp3) is 0.148. The molecular formula is C27H23F3N4O3S2. The number of halogens is 3. The van der Waals surface area contributed by atoms with Gasteiger partial charge in [0.15, 0.2) is 21.6 Å². The van der Waals surface area contributed by atoms with E-state index >= 15 is 0 Å². The second-order valence-corrected chi connectivity index (χ2v) is 9.58. The van der Waals surface area contributed by atoms with Gasteiger partial charge in [-0.05, 0) is 43.3 Å². The van der Waals surface area contributed by atoms with Crippen LogP contribution in [0.5, 0.6) is 11.5 Å². The third-order valence-corrected chi connectivity index (χ3v) is 6.69. The van der Waals surface area contributed by atoms with E-state index in [2.05, 4.69) is 26.6 Å². The van der Waals surface area contributed by atoms with Gasteiger partial charge in [0.1, 0.15) is 11.5 Å². The Labute approximate surface area is 229 Å². The molecule has 0 bridgehead atoms. The van der Waals surface area contributed by atoms with Crippen molar-refractivity contribution in [3.8, 4) is 11.5 Å². The van der Waals surface area contributed by atoms with Crippen molar-refractivity contribution in [3.05, 3.63) is 83.1 Å². The highest BCUT2D eigenvalue weighted by atomic mass is 32.1. The summed E-state index contributed by atoms with van der Waals surface area (Å²) in [5.41, 5.74) is 1.54. The Hall–Kier alpha value is -4.16. The number of para-hydroxylation sites is 1. The summed E-state index contributed by atoms with van der Waals surface area (Å²) in [6.07, 6.45) is 4.87. The zero-order chi connectivity index (χ0) is 28.1. The van der Waals surface area contributed by atoms with Crippen LogP contribution in [-0.2, 0) is 0 Å². The fourth-order valence-corrected chi connectivity index (χ4v) is 5.16. The number of ether oxygens (including phenoxy) is 2. The minimum atomic E-state index is -3.04. The van der Waals surface area contributed by atoms with Crippen molar-refractivity contribution in [3.63, 3.8) is 0 Å². The summed E-state index contributed by atoms with van der Waals surface area (Å²) in [7, 11) is 0. The Bertz CT molecular complexity index is 1670. The molecule has 39 heavy (non-hydrogen) atoms. The van der Waals surface area contributed by atoms with Crippen LogP contribution in [0.2, 0.25) is 0 Å². The number of fused-ring (bicyclic) bond motifs is 2. The van der Waals surface area contributed by atoms with E-state index in [1.807, 2.05) is 13.8 Å². The molecule has 12 heteroatoms. The van der Waals surface area contributed by atoms with Crippen LogP contribution in [-0.4, -0.2) is 26.9 Å². The van der Waals surface area contributed by atoms with Crippen LogP contribution in [0.4, 0.5) is 18.3 Å². The van der Waals surface area contributed by atoms with Gasteiger partial charge in [0, 0.05) is 17.1 Å². The summed E-state index contributed by atoms with van der Waals surface area (Å²) >= 11 is 2.48. The van der Waals surface area contributed by atoms with E-state index in [1.165, 1.54) is 41.7 Å².